The molecule has 0 bridgehead atoms. The second-order valence-electron chi connectivity index (χ2n) is 3.79. The Balaban J connectivity index is 2.12. The fourth-order valence-electron chi connectivity index (χ4n) is 1.63. The summed E-state index contributed by atoms with van der Waals surface area (Å²) in [5.74, 6) is -0.133. The molecule has 0 aliphatic heterocycles. The SMILES string of the molecule is Cc1c(F)cccc1NCc1nccn1C(F)F. The summed E-state index contributed by atoms with van der Waals surface area (Å²) in [5.41, 5.74) is 1.02. The second kappa shape index (κ2) is 5.12. The van der Waals surface area contributed by atoms with E-state index in [0.717, 1.165) is 4.57 Å². The van der Waals surface area contributed by atoms with Gasteiger partial charge in [0.15, 0.2) is 0 Å². The summed E-state index contributed by atoms with van der Waals surface area (Å²) in [6.45, 7) is -0.892. The average molecular weight is 255 g/mol. The van der Waals surface area contributed by atoms with E-state index in [0.29, 0.717) is 11.3 Å². The van der Waals surface area contributed by atoms with Crippen LogP contribution in [0.25, 0.3) is 0 Å². The fraction of sp³-hybridized carbons (Fsp3) is 0.250. The van der Waals surface area contributed by atoms with Crippen LogP contribution in [0.1, 0.15) is 17.9 Å². The minimum absolute atomic E-state index is 0.113. The monoisotopic (exact) mass is 255 g/mol. The highest BCUT2D eigenvalue weighted by Crippen LogP contribution is 2.19. The maximum atomic E-state index is 13.3. The molecule has 1 aromatic carbocycles. The number of anilines is 1. The Hall–Kier alpha value is -1.98. The van der Waals surface area contributed by atoms with Crippen molar-refractivity contribution in [3.05, 3.63) is 47.8 Å². The largest absolute Gasteiger partial charge is 0.378 e. The van der Waals surface area contributed by atoms with Crippen LogP contribution in [0.2, 0.25) is 0 Å². The number of benzene rings is 1. The number of imidazole rings is 1. The van der Waals surface area contributed by atoms with Crippen LogP contribution in [0.5, 0.6) is 0 Å². The van der Waals surface area contributed by atoms with Crippen molar-refractivity contribution in [3.63, 3.8) is 0 Å². The smallest absolute Gasteiger partial charge is 0.319 e. The topological polar surface area (TPSA) is 29.9 Å². The first-order valence-electron chi connectivity index (χ1n) is 5.38. The lowest BCUT2D eigenvalue weighted by atomic mass is 10.2. The van der Waals surface area contributed by atoms with Crippen molar-refractivity contribution < 1.29 is 13.2 Å². The minimum Gasteiger partial charge on any atom is -0.378 e. The average Bonchev–Trinajstić information content (AvgIpc) is 2.79. The molecule has 0 radical (unpaired) electrons. The zero-order valence-electron chi connectivity index (χ0n) is 9.70. The van der Waals surface area contributed by atoms with Crippen molar-refractivity contribution >= 4 is 5.69 Å². The van der Waals surface area contributed by atoms with Gasteiger partial charge in [-0.3, -0.25) is 4.57 Å². The number of alkyl halides is 2. The van der Waals surface area contributed by atoms with E-state index in [9.17, 15) is 13.2 Å². The van der Waals surface area contributed by atoms with Gasteiger partial charge in [0.2, 0.25) is 0 Å². The predicted octanol–water partition coefficient (Wildman–Crippen LogP) is 3.34. The van der Waals surface area contributed by atoms with E-state index in [1.165, 1.54) is 18.5 Å². The van der Waals surface area contributed by atoms with Crippen molar-refractivity contribution in [2.75, 3.05) is 5.32 Å². The molecule has 0 saturated carbocycles. The van der Waals surface area contributed by atoms with E-state index in [-0.39, 0.29) is 18.2 Å². The highest BCUT2D eigenvalue weighted by atomic mass is 19.3. The highest BCUT2D eigenvalue weighted by Gasteiger charge is 2.11. The number of hydrogen-bond donors (Lipinski definition) is 1. The van der Waals surface area contributed by atoms with Crippen LogP contribution >= 0.6 is 0 Å². The van der Waals surface area contributed by atoms with Gasteiger partial charge in [-0.15, -0.1) is 0 Å². The molecule has 96 valence electrons. The molecule has 0 amide bonds. The Labute approximate surface area is 102 Å². The predicted molar refractivity (Wildman–Crippen MR) is 61.9 cm³/mol. The molecule has 0 aliphatic rings. The van der Waals surface area contributed by atoms with Crippen molar-refractivity contribution in [1.82, 2.24) is 9.55 Å². The summed E-state index contributed by atoms with van der Waals surface area (Å²) in [4.78, 5) is 3.83. The lowest BCUT2D eigenvalue weighted by molar-refractivity contribution is 0.0673. The molecule has 18 heavy (non-hydrogen) atoms. The molecular formula is C12H12F3N3. The van der Waals surface area contributed by atoms with Gasteiger partial charge in [0.05, 0.1) is 6.54 Å². The molecule has 0 saturated heterocycles. The first-order valence-corrected chi connectivity index (χ1v) is 5.38. The van der Waals surface area contributed by atoms with Crippen LogP contribution in [0.4, 0.5) is 18.9 Å². The summed E-state index contributed by atoms with van der Waals surface area (Å²) < 4.78 is 39.2. The standard InChI is InChI=1S/C12H12F3N3/c1-8-9(13)3-2-4-10(8)17-7-11-16-5-6-18(11)12(14)15/h2-6,12,17H,7H2,1H3. The number of aromatic nitrogens is 2. The second-order valence-corrected chi connectivity index (χ2v) is 3.79. The molecule has 1 heterocycles. The lowest BCUT2D eigenvalue weighted by Gasteiger charge is -2.11. The molecule has 0 aliphatic carbocycles. The summed E-state index contributed by atoms with van der Waals surface area (Å²) in [6, 6.07) is 4.60. The van der Waals surface area contributed by atoms with Gasteiger partial charge in [0.1, 0.15) is 11.6 Å². The third-order valence-electron chi connectivity index (χ3n) is 2.66. The van der Waals surface area contributed by atoms with Crippen LogP contribution in [-0.4, -0.2) is 9.55 Å². The van der Waals surface area contributed by atoms with E-state index in [4.69, 9.17) is 0 Å². The van der Waals surface area contributed by atoms with Gasteiger partial charge < -0.3 is 5.32 Å². The maximum absolute atomic E-state index is 13.3. The molecule has 3 nitrogen and oxygen atoms in total. The van der Waals surface area contributed by atoms with Gasteiger partial charge in [0, 0.05) is 23.6 Å². The van der Waals surface area contributed by atoms with Gasteiger partial charge in [-0.2, -0.15) is 8.78 Å². The fourth-order valence-corrected chi connectivity index (χ4v) is 1.63. The molecule has 0 spiro atoms. The lowest BCUT2D eigenvalue weighted by Crippen LogP contribution is -2.09. The van der Waals surface area contributed by atoms with Crippen LogP contribution in [0.3, 0.4) is 0 Å². The summed E-state index contributed by atoms with van der Waals surface area (Å²) in [7, 11) is 0. The van der Waals surface area contributed by atoms with E-state index >= 15 is 0 Å². The molecule has 0 fully saturated rings. The molecule has 2 rings (SSSR count). The highest BCUT2D eigenvalue weighted by molar-refractivity contribution is 5.50. The molecular weight excluding hydrogens is 243 g/mol. The summed E-state index contributed by atoms with van der Waals surface area (Å²) in [5, 5.41) is 2.89. The first-order chi connectivity index (χ1) is 8.59. The molecule has 0 atom stereocenters. The number of hydrogen-bond acceptors (Lipinski definition) is 2. The van der Waals surface area contributed by atoms with Crippen LogP contribution in [-0.2, 0) is 6.54 Å². The molecule has 6 heteroatoms. The van der Waals surface area contributed by atoms with Crippen LogP contribution < -0.4 is 5.32 Å². The quantitative estimate of drug-likeness (QED) is 0.908. The maximum Gasteiger partial charge on any atom is 0.319 e. The van der Waals surface area contributed by atoms with E-state index in [2.05, 4.69) is 10.3 Å². The summed E-state index contributed by atoms with van der Waals surface area (Å²) >= 11 is 0. The Morgan fingerprint density at radius 1 is 1.39 bits per heavy atom. The third-order valence-corrected chi connectivity index (χ3v) is 2.66. The van der Waals surface area contributed by atoms with Crippen molar-refractivity contribution in [2.24, 2.45) is 0 Å². The summed E-state index contributed by atoms with van der Waals surface area (Å²) in [6.07, 6.45) is 2.52. The molecule has 1 N–H and O–H groups in total. The zero-order valence-corrected chi connectivity index (χ0v) is 9.70. The third kappa shape index (κ3) is 2.47. The first kappa shape index (κ1) is 12.5. The van der Waals surface area contributed by atoms with Gasteiger partial charge >= 0.3 is 6.55 Å². The van der Waals surface area contributed by atoms with Gasteiger partial charge in [-0.1, -0.05) is 6.07 Å². The minimum atomic E-state index is -2.63. The van der Waals surface area contributed by atoms with Gasteiger partial charge in [-0.25, -0.2) is 9.37 Å². The van der Waals surface area contributed by atoms with Gasteiger partial charge in [-0.05, 0) is 19.1 Å². The van der Waals surface area contributed by atoms with E-state index in [1.54, 1.807) is 19.1 Å². The number of nitrogens with zero attached hydrogens (tertiary/aromatic N) is 2. The van der Waals surface area contributed by atoms with Crippen molar-refractivity contribution in [3.8, 4) is 0 Å². The normalized spacial score (nSPS) is 10.9. The van der Waals surface area contributed by atoms with Crippen molar-refractivity contribution in [2.45, 2.75) is 20.0 Å². The Bertz CT molecular complexity index is 537. The van der Waals surface area contributed by atoms with Crippen LogP contribution in [0.15, 0.2) is 30.6 Å². The van der Waals surface area contributed by atoms with E-state index in [1.807, 2.05) is 0 Å². The Morgan fingerprint density at radius 2 is 2.17 bits per heavy atom. The Kier molecular flexibility index (Phi) is 3.55. The zero-order chi connectivity index (χ0) is 13.1. The molecule has 0 unspecified atom stereocenters. The Morgan fingerprint density at radius 3 is 2.89 bits per heavy atom. The van der Waals surface area contributed by atoms with E-state index < -0.39 is 6.55 Å². The van der Waals surface area contributed by atoms with Gasteiger partial charge in [0.25, 0.3) is 0 Å². The van der Waals surface area contributed by atoms with Crippen LogP contribution in [0, 0.1) is 12.7 Å². The number of nitrogens with one attached hydrogen (secondary N) is 1. The molecule has 1 aromatic heterocycles. The number of rotatable bonds is 4. The molecule has 2 aromatic rings. The van der Waals surface area contributed by atoms with Crippen molar-refractivity contribution in [1.29, 1.82) is 0 Å². The number of halogens is 3.